The molecule has 6 rings (SSSR count). The van der Waals surface area contributed by atoms with Crippen LogP contribution < -0.4 is 10.6 Å². The summed E-state index contributed by atoms with van der Waals surface area (Å²) in [5, 5.41) is 7.01. The van der Waals surface area contributed by atoms with Crippen LogP contribution in [-0.4, -0.2) is 106 Å². The van der Waals surface area contributed by atoms with Gasteiger partial charge < -0.3 is 20.1 Å². The summed E-state index contributed by atoms with van der Waals surface area (Å²) in [4.78, 5) is 18.3. The highest BCUT2D eigenvalue weighted by atomic mass is 16.5. The van der Waals surface area contributed by atoms with Gasteiger partial charge in [-0.2, -0.15) is 0 Å². The van der Waals surface area contributed by atoms with E-state index in [4.69, 9.17) is 9.47 Å². The molecule has 0 bridgehead atoms. The van der Waals surface area contributed by atoms with E-state index in [1.165, 1.54) is 22.3 Å². The van der Waals surface area contributed by atoms with E-state index in [9.17, 15) is 4.79 Å². The van der Waals surface area contributed by atoms with Gasteiger partial charge in [-0.3, -0.25) is 14.6 Å². The fourth-order valence-electron chi connectivity index (χ4n) is 8.94. The monoisotopic (exact) mass is 706 g/mol. The Morgan fingerprint density at radius 2 is 1.10 bits per heavy atom. The van der Waals surface area contributed by atoms with Gasteiger partial charge in [-0.15, -0.1) is 0 Å². The molecular weight excluding hydrogens is 645 g/mol. The summed E-state index contributed by atoms with van der Waals surface area (Å²) < 4.78 is 12.4. The normalized spacial score (nSPS) is 29.3. The lowest BCUT2D eigenvalue weighted by molar-refractivity contribution is -0.119. The fraction of sp³-hybridized carbons (Fsp3) is 0.533. The van der Waals surface area contributed by atoms with Gasteiger partial charge in [0, 0.05) is 50.1 Å². The van der Waals surface area contributed by atoms with E-state index in [-0.39, 0.29) is 23.3 Å². The molecule has 2 N–H and O–H groups in total. The number of Topliss-reactive ketones (excluding diaryl/α,β-unsaturated/α-hetero) is 1. The van der Waals surface area contributed by atoms with Crippen LogP contribution in [0.15, 0.2) is 108 Å². The molecule has 0 spiro atoms. The zero-order valence-corrected chi connectivity index (χ0v) is 32.1. The SMILES string of the molecule is CN(C)C1(Cc2ccccc2)C=C(C2CNCCO2)C=CC1CCCC(=O)CCCC1C=CC(C2CNCCO2)=CC1(Cc1ccccc1)N(C)C. The summed E-state index contributed by atoms with van der Waals surface area (Å²) in [7, 11) is 8.82. The van der Waals surface area contributed by atoms with Crippen molar-refractivity contribution in [1.29, 1.82) is 0 Å². The number of nitrogens with zero attached hydrogens (tertiary/aromatic N) is 2. The third-order valence-corrected chi connectivity index (χ3v) is 12.0. The number of nitrogens with one attached hydrogen (secondary N) is 2. The summed E-state index contributed by atoms with van der Waals surface area (Å²) in [5.41, 5.74) is 4.78. The number of likely N-dealkylation sites (N-methyl/N-ethyl adjacent to an activating group) is 2. The molecule has 2 aliphatic heterocycles. The number of ketones is 1. The topological polar surface area (TPSA) is 66.1 Å². The van der Waals surface area contributed by atoms with Crippen LogP contribution >= 0.6 is 0 Å². The molecule has 2 fully saturated rings. The van der Waals surface area contributed by atoms with E-state index in [1.54, 1.807) is 0 Å². The van der Waals surface area contributed by atoms with Gasteiger partial charge in [-0.25, -0.2) is 0 Å². The third kappa shape index (κ3) is 9.30. The van der Waals surface area contributed by atoms with Crippen molar-refractivity contribution in [3.63, 3.8) is 0 Å². The first kappa shape index (κ1) is 38.6. The smallest absolute Gasteiger partial charge is 0.132 e. The second kappa shape index (κ2) is 18.2. The Bertz CT molecular complexity index is 1440. The van der Waals surface area contributed by atoms with E-state index in [0.717, 1.165) is 77.9 Å². The predicted octanol–water partition coefficient (Wildman–Crippen LogP) is 6.18. The van der Waals surface area contributed by atoms with Crippen molar-refractivity contribution < 1.29 is 14.3 Å². The van der Waals surface area contributed by atoms with Crippen LogP contribution in [0.2, 0.25) is 0 Å². The third-order valence-electron chi connectivity index (χ3n) is 12.0. The van der Waals surface area contributed by atoms with Gasteiger partial charge in [-0.05, 0) is 101 Å². The molecule has 0 radical (unpaired) electrons. The lowest BCUT2D eigenvalue weighted by Crippen LogP contribution is -2.52. The van der Waals surface area contributed by atoms with Gasteiger partial charge in [0.2, 0.25) is 0 Å². The number of benzene rings is 2. The standard InChI is InChI=1S/C45H62N4O3/c1-48(2)44(29-35-13-7-5-8-14-35)31-37(42-33-46-25-27-51-42)21-23-39(44)17-11-19-41(50)20-12-18-40-24-22-38(43-34-47-26-28-52-43)32-45(40,49(3)4)30-36-15-9-6-10-16-36/h5-10,13-16,21-24,31-32,39-40,42-43,46-47H,11-12,17-20,25-30,33-34H2,1-4H3. The number of carbonyl (C=O) groups excluding carboxylic acids is 1. The molecule has 7 nitrogen and oxygen atoms in total. The minimum Gasteiger partial charge on any atom is -0.371 e. The Morgan fingerprint density at radius 3 is 1.46 bits per heavy atom. The highest BCUT2D eigenvalue weighted by molar-refractivity contribution is 5.78. The first-order chi connectivity index (χ1) is 25.3. The zero-order valence-electron chi connectivity index (χ0n) is 32.1. The lowest BCUT2D eigenvalue weighted by atomic mass is 9.70. The number of carbonyl (C=O) groups is 1. The van der Waals surface area contributed by atoms with Crippen LogP contribution in [0.1, 0.15) is 49.7 Å². The average Bonchev–Trinajstić information content (AvgIpc) is 3.17. The second-order valence-electron chi connectivity index (χ2n) is 15.8. The van der Waals surface area contributed by atoms with E-state index in [0.29, 0.717) is 30.5 Å². The van der Waals surface area contributed by atoms with Crippen molar-refractivity contribution in [2.45, 2.75) is 74.7 Å². The second-order valence-corrected chi connectivity index (χ2v) is 15.8. The highest BCUT2D eigenvalue weighted by Gasteiger charge is 2.42. The molecule has 2 aromatic rings. The molecule has 2 saturated heterocycles. The van der Waals surface area contributed by atoms with Gasteiger partial charge in [0.15, 0.2) is 0 Å². The molecular formula is C45H62N4O3. The van der Waals surface area contributed by atoms with E-state index >= 15 is 0 Å². The van der Waals surface area contributed by atoms with Crippen LogP contribution in [0.3, 0.4) is 0 Å². The van der Waals surface area contributed by atoms with E-state index in [1.807, 2.05) is 0 Å². The number of hydrogen-bond donors (Lipinski definition) is 2. The largest absolute Gasteiger partial charge is 0.371 e. The van der Waals surface area contributed by atoms with Crippen molar-refractivity contribution in [2.75, 3.05) is 67.6 Å². The Labute approximate surface area is 313 Å². The maximum absolute atomic E-state index is 13.5. The highest BCUT2D eigenvalue weighted by Crippen LogP contribution is 2.41. The molecule has 2 aliphatic carbocycles. The first-order valence-corrected chi connectivity index (χ1v) is 19.7. The van der Waals surface area contributed by atoms with Gasteiger partial charge in [0.05, 0.1) is 25.4 Å². The van der Waals surface area contributed by atoms with Crippen LogP contribution in [0, 0.1) is 11.8 Å². The van der Waals surface area contributed by atoms with E-state index < -0.39 is 0 Å². The number of morpholine rings is 2. The molecule has 280 valence electrons. The molecule has 7 heteroatoms. The minimum absolute atomic E-state index is 0.0697. The van der Waals surface area contributed by atoms with Gasteiger partial charge >= 0.3 is 0 Å². The van der Waals surface area contributed by atoms with Gasteiger partial charge in [0.1, 0.15) is 5.78 Å². The van der Waals surface area contributed by atoms with Crippen LogP contribution in [0.5, 0.6) is 0 Å². The molecule has 4 aliphatic rings. The van der Waals surface area contributed by atoms with E-state index in [2.05, 4.69) is 146 Å². The maximum Gasteiger partial charge on any atom is 0.132 e. The van der Waals surface area contributed by atoms with Gasteiger partial charge in [-0.1, -0.05) is 97.1 Å². The summed E-state index contributed by atoms with van der Waals surface area (Å²) in [5.74, 6) is 0.977. The molecule has 0 saturated carbocycles. The zero-order chi connectivity index (χ0) is 36.4. The fourth-order valence-corrected chi connectivity index (χ4v) is 8.94. The minimum atomic E-state index is -0.192. The number of ether oxygens (including phenoxy) is 2. The molecule has 2 aromatic carbocycles. The summed E-state index contributed by atoms with van der Waals surface area (Å²) in [6.07, 6.45) is 21.3. The maximum atomic E-state index is 13.5. The summed E-state index contributed by atoms with van der Waals surface area (Å²) in [6, 6.07) is 21.7. The van der Waals surface area contributed by atoms with Crippen molar-refractivity contribution in [3.8, 4) is 0 Å². The molecule has 52 heavy (non-hydrogen) atoms. The molecule has 0 amide bonds. The van der Waals surface area contributed by atoms with Crippen LogP contribution in [0.4, 0.5) is 0 Å². The predicted molar refractivity (Wildman–Crippen MR) is 212 cm³/mol. The van der Waals surface area contributed by atoms with Crippen molar-refractivity contribution >= 4 is 5.78 Å². The Balaban J connectivity index is 1.09. The average molecular weight is 707 g/mol. The Morgan fingerprint density at radius 1 is 0.673 bits per heavy atom. The van der Waals surface area contributed by atoms with Crippen LogP contribution in [0.25, 0.3) is 0 Å². The van der Waals surface area contributed by atoms with Crippen molar-refractivity contribution in [2.24, 2.45) is 11.8 Å². The Hall–Kier alpha value is -3.17. The molecule has 2 heterocycles. The summed E-state index contributed by atoms with van der Waals surface area (Å²) >= 11 is 0. The summed E-state index contributed by atoms with van der Waals surface area (Å²) in [6.45, 7) is 4.96. The number of hydrogen-bond acceptors (Lipinski definition) is 7. The lowest BCUT2D eigenvalue weighted by Gasteiger charge is -2.46. The van der Waals surface area contributed by atoms with Crippen molar-refractivity contribution in [1.82, 2.24) is 20.4 Å². The van der Waals surface area contributed by atoms with Crippen molar-refractivity contribution in [3.05, 3.63) is 119 Å². The van der Waals surface area contributed by atoms with Gasteiger partial charge in [0.25, 0.3) is 0 Å². The molecule has 6 atom stereocenters. The molecule has 6 unspecified atom stereocenters. The Kier molecular flexibility index (Phi) is 13.5. The van der Waals surface area contributed by atoms with Crippen LogP contribution in [-0.2, 0) is 27.1 Å². The molecule has 0 aromatic heterocycles. The quantitative estimate of drug-likeness (QED) is 0.216. The first-order valence-electron chi connectivity index (χ1n) is 19.7. The number of rotatable bonds is 16.